The Hall–Kier alpha value is -1.02. The molecule has 1 aromatic rings. The van der Waals surface area contributed by atoms with Gasteiger partial charge in [0, 0.05) is 19.1 Å². The van der Waals surface area contributed by atoms with Gasteiger partial charge in [0.25, 0.3) is 0 Å². The summed E-state index contributed by atoms with van der Waals surface area (Å²) in [7, 11) is 1.77. The van der Waals surface area contributed by atoms with Gasteiger partial charge < -0.3 is 4.74 Å². The first-order valence-electron chi connectivity index (χ1n) is 7.99. The molecule has 0 saturated carbocycles. The van der Waals surface area contributed by atoms with Crippen LogP contribution in [0.5, 0.6) is 5.75 Å². The summed E-state index contributed by atoms with van der Waals surface area (Å²) in [4.78, 5) is 2.74. The Morgan fingerprint density at radius 2 is 2.15 bits per heavy atom. The minimum Gasteiger partial charge on any atom is -0.497 e. The quantitative estimate of drug-likeness (QED) is 0.832. The van der Waals surface area contributed by atoms with Crippen molar-refractivity contribution in [2.24, 2.45) is 11.8 Å². The van der Waals surface area contributed by atoms with E-state index in [1.165, 1.54) is 25.9 Å². The lowest BCUT2D eigenvalue weighted by Gasteiger charge is -2.48. The van der Waals surface area contributed by atoms with Gasteiger partial charge in [-0.3, -0.25) is 4.90 Å². The predicted octanol–water partition coefficient (Wildman–Crippen LogP) is 3.70. The first kappa shape index (κ1) is 13.9. The molecule has 1 fully saturated rings. The van der Waals surface area contributed by atoms with E-state index in [1.54, 1.807) is 18.2 Å². The first-order valence-corrected chi connectivity index (χ1v) is 7.99. The van der Waals surface area contributed by atoms with Crippen LogP contribution in [0.1, 0.15) is 44.2 Å². The van der Waals surface area contributed by atoms with Crippen LogP contribution in [-0.4, -0.2) is 31.1 Å². The molecule has 3 rings (SSSR count). The van der Waals surface area contributed by atoms with Gasteiger partial charge in [-0.15, -0.1) is 0 Å². The van der Waals surface area contributed by atoms with Crippen molar-refractivity contribution >= 4 is 0 Å². The van der Waals surface area contributed by atoms with Gasteiger partial charge in [0.1, 0.15) is 5.75 Å². The van der Waals surface area contributed by atoms with Crippen molar-refractivity contribution < 1.29 is 4.74 Å². The lowest BCUT2D eigenvalue weighted by molar-refractivity contribution is 0.0759. The highest BCUT2D eigenvalue weighted by molar-refractivity contribution is 5.41. The zero-order valence-electron chi connectivity index (χ0n) is 13.2. The fourth-order valence-corrected chi connectivity index (χ4v) is 4.14. The van der Waals surface area contributed by atoms with Crippen molar-refractivity contribution in [3.63, 3.8) is 0 Å². The summed E-state index contributed by atoms with van der Waals surface area (Å²) in [6.45, 7) is 9.58. The molecule has 0 N–H and O–H groups in total. The van der Waals surface area contributed by atoms with Crippen molar-refractivity contribution in [1.29, 1.82) is 0 Å². The molecule has 0 aromatic heterocycles. The second-order valence-corrected chi connectivity index (χ2v) is 7.09. The molecule has 0 radical (unpaired) electrons. The van der Waals surface area contributed by atoms with Crippen LogP contribution in [0.15, 0.2) is 18.2 Å². The van der Waals surface area contributed by atoms with Gasteiger partial charge in [-0.2, -0.15) is 0 Å². The van der Waals surface area contributed by atoms with E-state index in [2.05, 4.69) is 43.9 Å². The van der Waals surface area contributed by atoms with Crippen LogP contribution in [-0.2, 0) is 6.42 Å². The Labute approximate surface area is 123 Å². The predicted molar refractivity (Wildman–Crippen MR) is 83.4 cm³/mol. The average molecular weight is 273 g/mol. The number of ether oxygens (including phenoxy) is 1. The topological polar surface area (TPSA) is 12.5 Å². The summed E-state index contributed by atoms with van der Waals surface area (Å²) in [5, 5.41) is 0. The highest BCUT2D eigenvalue weighted by atomic mass is 16.5. The van der Waals surface area contributed by atoms with Crippen molar-refractivity contribution in [2.75, 3.05) is 20.2 Å². The average Bonchev–Trinajstić information content (AvgIpc) is 2.43. The number of methoxy groups -OCH3 is 1. The van der Waals surface area contributed by atoms with Crippen LogP contribution < -0.4 is 4.74 Å². The molecule has 0 amide bonds. The molecule has 110 valence electrons. The zero-order chi connectivity index (χ0) is 14.3. The van der Waals surface area contributed by atoms with Crippen LogP contribution in [0.4, 0.5) is 0 Å². The normalized spacial score (nSPS) is 29.4. The van der Waals surface area contributed by atoms with E-state index in [0.29, 0.717) is 0 Å². The number of hydrogen-bond acceptors (Lipinski definition) is 2. The first-order chi connectivity index (χ1) is 9.58. The molecule has 1 aromatic carbocycles. The van der Waals surface area contributed by atoms with E-state index in [0.717, 1.165) is 29.5 Å². The molecule has 0 unspecified atom stereocenters. The maximum Gasteiger partial charge on any atom is 0.119 e. The number of piperidine rings is 1. The molecule has 2 nitrogen and oxygen atoms in total. The van der Waals surface area contributed by atoms with Gasteiger partial charge in [0.15, 0.2) is 0 Å². The van der Waals surface area contributed by atoms with E-state index in [-0.39, 0.29) is 0 Å². The second kappa shape index (κ2) is 5.40. The highest BCUT2D eigenvalue weighted by Gasteiger charge is 2.38. The van der Waals surface area contributed by atoms with Crippen molar-refractivity contribution in [2.45, 2.75) is 45.6 Å². The number of likely N-dealkylation sites (tertiary alicyclic amines) is 1. The molecule has 3 atom stereocenters. The molecule has 1 heterocycles. The largest absolute Gasteiger partial charge is 0.497 e. The summed E-state index contributed by atoms with van der Waals surface area (Å²) in [5.41, 5.74) is 3.10. The molecular formula is C18H27NO. The SMILES string of the molecule is COc1ccc2c(c1)[C@H]1C[C@@H](C2)N(CC(C)C)C[C@H]1C. The van der Waals surface area contributed by atoms with Crippen LogP contribution in [0.25, 0.3) is 0 Å². The van der Waals surface area contributed by atoms with Gasteiger partial charge >= 0.3 is 0 Å². The van der Waals surface area contributed by atoms with E-state index in [9.17, 15) is 0 Å². The van der Waals surface area contributed by atoms with Crippen LogP contribution in [0.2, 0.25) is 0 Å². The fraction of sp³-hybridized carbons (Fsp3) is 0.667. The Balaban J connectivity index is 1.89. The van der Waals surface area contributed by atoms with Gasteiger partial charge in [-0.25, -0.2) is 0 Å². The maximum atomic E-state index is 5.42. The minimum absolute atomic E-state index is 0.724. The lowest BCUT2D eigenvalue weighted by Crippen LogP contribution is -2.50. The smallest absolute Gasteiger partial charge is 0.119 e. The van der Waals surface area contributed by atoms with Gasteiger partial charge in [-0.1, -0.05) is 26.8 Å². The van der Waals surface area contributed by atoms with Gasteiger partial charge in [0.2, 0.25) is 0 Å². The molecule has 0 spiro atoms. The third-order valence-corrected chi connectivity index (χ3v) is 5.06. The maximum absolute atomic E-state index is 5.42. The number of fused-ring (bicyclic) bond motifs is 4. The Bertz CT molecular complexity index is 482. The number of benzene rings is 1. The van der Waals surface area contributed by atoms with E-state index in [4.69, 9.17) is 4.74 Å². The number of nitrogens with zero attached hydrogens (tertiary/aromatic N) is 1. The Kier molecular flexibility index (Phi) is 3.76. The van der Waals surface area contributed by atoms with Crippen LogP contribution >= 0.6 is 0 Å². The molecule has 2 aliphatic rings. The molecule has 20 heavy (non-hydrogen) atoms. The minimum atomic E-state index is 0.724. The van der Waals surface area contributed by atoms with Crippen molar-refractivity contribution in [3.05, 3.63) is 29.3 Å². The standard InChI is InChI=1S/C18H27NO/c1-12(2)10-19-11-13(3)17-8-15(19)7-14-5-6-16(20-4)9-18(14)17/h5-6,9,12-13,15,17H,7-8,10-11H2,1-4H3/t13-,15-,17+/m1/s1. The Morgan fingerprint density at radius 1 is 1.35 bits per heavy atom. The van der Waals surface area contributed by atoms with Gasteiger partial charge in [-0.05, 0) is 53.9 Å². The molecule has 2 heteroatoms. The summed E-state index contributed by atoms with van der Waals surface area (Å²) < 4.78 is 5.42. The summed E-state index contributed by atoms with van der Waals surface area (Å²) in [5.74, 6) is 3.24. The van der Waals surface area contributed by atoms with Crippen LogP contribution in [0, 0.1) is 11.8 Å². The van der Waals surface area contributed by atoms with Crippen LogP contribution in [0.3, 0.4) is 0 Å². The summed E-state index contributed by atoms with van der Waals surface area (Å²) in [6.07, 6.45) is 2.54. The van der Waals surface area contributed by atoms with Crippen molar-refractivity contribution in [3.8, 4) is 5.75 Å². The van der Waals surface area contributed by atoms with E-state index >= 15 is 0 Å². The molecule has 2 bridgehead atoms. The molecule has 1 saturated heterocycles. The highest BCUT2D eigenvalue weighted by Crippen LogP contribution is 2.44. The second-order valence-electron chi connectivity index (χ2n) is 7.09. The third kappa shape index (κ3) is 2.46. The number of rotatable bonds is 3. The molecule has 1 aliphatic heterocycles. The van der Waals surface area contributed by atoms with E-state index in [1.807, 2.05) is 0 Å². The lowest BCUT2D eigenvalue weighted by atomic mass is 9.70. The summed E-state index contributed by atoms with van der Waals surface area (Å²) in [6, 6.07) is 7.45. The molecule has 1 aliphatic carbocycles. The Morgan fingerprint density at radius 3 is 2.85 bits per heavy atom. The molecular weight excluding hydrogens is 246 g/mol. The monoisotopic (exact) mass is 273 g/mol. The zero-order valence-corrected chi connectivity index (χ0v) is 13.2. The fourth-order valence-electron chi connectivity index (χ4n) is 4.14. The summed E-state index contributed by atoms with van der Waals surface area (Å²) >= 11 is 0. The van der Waals surface area contributed by atoms with Gasteiger partial charge in [0.05, 0.1) is 7.11 Å². The van der Waals surface area contributed by atoms with Crippen molar-refractivity contribution in [1.82, 2.24) is 4.90 Å². The van der Waals surface area contributed by atoms with E-state index < -0.39 is 0 Å². The number of hydrogen-bond donors (Lipinski definition) is 0. The third-order valence-electron chi connectivity index (χ3n) is 5.06.